The number of benzene rings is 3. The predicted molar refractivity (Wildman–Crippen MR) is 110 cm³/mol. The lowest BCUT2D eigenvalue weighted by atomic mass is 9.87. The van der Waals surface area contributed by atoms with E-state index in [-0.39, 0.29) is 11.9 Å². The van der Waals surface area contributed by atoms with E-state index >= 15 is 0 Å². The van der Waals surface area contributed by atoms with Crippen molar-refractivity contribution in [2.45, 2.75) is 25.3 Å². The lowest BCUT2D eigenvalue weighted by Gasteiger charge is -2.23. The van der Waals surface area contributed by atoms with Crippen LogP contribution in [0.25, 0.3) is 0 Å². The van der Waals surface area contributed by atoms with Crippen molar-refractivity contribution in [3.8, 4) is 0 Å². The number of hydrogen-bond acceptors (Lipinski definition) is 1. The smallest absolute Gasteiger partial charge is 0.251 e. The number of hydrogen-bond donors (Lipinski definition) is 1. The van der Waals surface area contributed by atoms with Gasteiger partial charge in [0.2, 0.25) is 0 Å². The fourth-order valence-electron chi connectivity index (χ4n) is 4.12. The molecule has 0 spiro atoms. The van der Waals surface area contributed by atoms with Gasteiger partial charge >= 0.3 is 0 Å². The Balaban J connectivity index is 1.60. The Morgan fingerprint density at radius 3 is 2.22 bits per heavy atom. The largest absolute Gasteiger partial charge is 0.345 e. The van der Waals surface area contributed by atoms with E-state index in [4.69, 9.17) is 11.6 Å². The quantitative estimate of drug-likeness (QED) is 0.614. The maximum absolute atomic E-state index is 12.7. The van der Waals surface area contributed by atoms with E-state index in [9.17, 15) is 4.79 Å². The minimum Gasteiger partial charge on any atom is -0.345 e. The third kappa shape index (κ3) is 3.63. The number of amides is 1. The van der Waals surface area contributed by atoms with Crippen molar-refractivity contribution >= 4 is 17.5 Å². The first-order valence-corrected chi connectivity index (χ1v) is 9.70. The highest BCUT2D eigenvalue weighted by molar-refractivity contribution is 6.30. The van der Waals surface area contributed by atoms with Gasteiger partial charge in [-0.1, -0.05) is 73.1 Å². The summed E-state index contributed by atoms with van der Waals surface area (Å²) in [7, 11) is 0. The van der Waals surface area contributed by atoms with Crippen LogP contribution in [0.5, 0.6) is 0 Å². The Morgan fingerprint density at radius 2 is 1.52 bits per heavy atom. The van der Waals surface area contributed by atoms with E-state index in [0.717, 1.165) is 11.4 Å². The van der Waals surface area contributed by atoms with Gasteiger partial charge in [-0.25, -0.2) is 0 Å². The molecule has 0 radical (unpaired) electrons. The normalized spacial score (nSPS) is 20.9. The molecule has 1 unspecified atom stereocenters. The van der Waals surface area contributed by atoms with Gasteiger partial charge in [-0.05, 0) is 59.2 Å². The zero-order valence-electron chi connectivity index (χ0n) is 15.2. The molecule has 3 aromatic carbocycles. The number of carbonyl (C=O) groups is 1. The Bertz CT molecular complexity index is 936. The van der Waals surface area contributed by atoms with Crippen LogP contribution in [0.2, 0.25) is 5.02 Å². The van der Waals surface area contributed by atoms with Gasteiger partial charge < -0.3 is 5.32 Å². The number of fused-ring (bicyclic) bond motifs is 1. The van der Waals surface area contributed by atoms with Crippen molar-refractivity contribution in [1.29, 1.82) is 0 Å². The lowest BCUT2D eigenvalue weighted by molar-refractivity contribution is 0.0924. The highest BCUT2D eigenvalue weighted by Gasteiger charge is 2.38. The van der Waals surface area contributed by atoms with E-state index in [1.807, 2.05) is 42.5 Å². The molecule has 3 heteroatoms. The molecule has 1 aliphatic carbocycles. The first-order valence-electron chi connectivity index (χ1n) is 9.32. The average molecular weight is 376 g/mol. The minimum atomic E-state index is -0.0191. The lowest BCUT2D eigenvalue weighted by Crippen LogP contribution is -2.31. The Labute approximate surface area is 165 Å². The van der Waals surface area contributed by atoms with Gasteiger partial charge in [-0.2, -0.15) is 0 Å². The van der Waals surface area contributed by atoms with Crippen molar-refractivity contribution < 1.29 is 4.79 Å². The molecule has 1 aliphatic rings. The third-order valence-corrected chi connectivity index (χ3v) is 5.83. The highest BCUT2D eigenvalue weighted by atomic mass is 35.5. The summed E-state index contributed by atoms with van der Waals surface area (Å²) < 4.78 is 0. The van der Waals surface area contributed by atoms with Crippen LogP contribution < -0.4 is 5.32 Å². The molecular weight excluding hydrogens is 354 g/mol. The van der Waals surface area contributed by atoms with E-state index in [2.05, 4.69) is 48.6 Å². The maximum Gasteiger partial charge on any atom is 0.251 e. The van der Waals surface area contributed by atoms with E-state index < -0.39 is 0 Å². The standard InChI is InChI=1S/C24H22ClNO/c1-16-22(15-17-11-13-19(25)14-12-17)20-9-5-6-10-21(20)23(16)26-24(27)18-7-3-2-4-8-18/h2-14,16,22-23H,15H2,1H3,(H,26,27)/t16?,22-,23+/m1/s1. The van der Waals surface area contributed by atoms with Crippen LogP contribution in [0, 0.1) is 5.92 Å². The molecular formula is C24H22ClNO. The van der Waals surface area contributed by atoms with Crippen molar-refractivity contribution in [2.24, 2.45) is 5.92 Å². The second kappa shape index (κ2) is 7.58. The minimum absolute atomic E-state index is 0.0191. The van der Waals surface area contributed by atoms with Crippen molar-refractivity contribution in [3.05, 3.63) is 106 Å². The van der Waals surface area contributed by atoms with Crippen LogP contribution >= 0.6 is 11.6 Å². The molecule has 0 aromatic heterocycles. The number of carbonyl (C=O) groups excluding carboxylic acids is 1. The predicted octanol–water partition coefficient (Wildman–Crippen LogP) is 5.79. The molecule has 0 saturated carbocycles. The van der Waals surface area contributed by atoms with Gasteiger partial charge in [-0.15, -0.1) is 0 Å². The fraction of sp³-hybridized carbons (Fsp3) is 0.208. The molecule has 0 heterocycles. The average Bonchev–Trinajstić information content (AvgIpc) is 2.96. The molecule has 1 amide bonds. The molecule has 27 heavy (non-hydrogen) atoms. The number of halogens is 1. The monoisotopic (exact) mass is 375 g/mol. The van der Waals surface area contributed by atoms with Crippen LogP contribution in [0.3, 0.4) is 0 Å². The Kier molecular flexibility index (Phi) is 5.00. The molecule has 3 atom stereocenters. The molecule has 4 rings (SSSR count). The third-order valence-electron chi connectivity index (χ3n) is 5.58. The zero-order chi connectivity index (χ0) is 18.8. The molecule has 2 nitrogen and oxygen atoms in total. The summed E-state index contributed by atoms with van der Waals surface area (Å²) in [6.07, 6.45) is 0.938. The first-order chi connectivity index (χ1) is 13.1. The topological polar surface area (TPSA) is 29.1 Å². The molecule has 0 saturated heterocycles. The summed E-state index contributed by atoms with van der Waals surface area (Å²) in [5.41, 5.74) is 4.52. The Morgan fingerprint density at radius 1 is 0.889 bits per heavy atom. The van der Waals surface area contributed by atoms with Crippen LogP contribution in [0.1, 0.15) is 45.9 Å². The van der Waals surface area contributed by atoms with E-state index in [1.165, 1.54) is 16.7 Å². The molecule has 1 N–H and O–H groups in total. The van der Waals surface area contributed by atoms with E-state index in [0.29, 0.717) is 17.4 Å². The van der Waals surface area contributed by atoms with Gasteiger partial charge in [0.15, 0.2) is 0 Å². The van der Waals surface area contributed by atoms with Gasteiger partial charge in [0.05, 0.1) is 6.04 Å². The highest BCUT2D eigenvalue weighted by Crippen LogP contribution is 2.46. The van der Waals surface area contributed by atoms with Crippen molar-refractivity contribution in [3.63, 3.8) is 0 Å². The molecule has 136 valence electrons. The first kappa shape index (κ1) is 17.8. The molecule has 0 bridgehead atoms. The summed E-state index contributed by atoms with van der Waals surface area (Å²) in [6.45, 7) is 2.23. The summed E-state index contributed by atoms with van der Waals surface area (Å²) in [4.78, 5) is 12.7. The second-order valence-electron chi connectivity index (χ2n) is 7.24. The molecule has 0 aliphatic heterocycles. The van der Waals surface area contributed by atoms with Gasteiger partial charge in [0, 0.05) is 10.6 Å². The molecule has 3 aromatic rings. The summed E-state index contributed by atoms with van der Waals surface area (Å²) in [5, 5.41) is 4.02. The second-order valence-corrected chi connectivity index (χ2v) is 7.68. The maximum atomic E-state index is 12.7. The van der Waals surface area contributed by atoms with Crippen molar-refractivity contribution in [2.75, 3.05) is 0 Å². The summed E-state index contributed by atoms with van der Waals surface area (Å²) in [6, 6.07) is 26.0. The van der Waals surface area contributed by atoms with Crippen LogP contribution in [0.15, 0.2) is 78.9 Å². The summed E-state index contributed by atoms with van der Waals surface area (Å²) >= 11 is 6.03. The van der Waals surface area contributed by atoms with Crippen LogP contribution in [0.4, 0.5) is 0 Å². The Hall–Kier alpha value is -2.58. The SMILES string of the molecule is CC1[C@H](NC(=O)c2ccccc2)c2ccccc2[C@@H]1Cc1ccc(Cl)cc1. The summed E-state index contributed by atoms with van der Waals surface area (Å²) in [5.74, 6) is 0.656. The fourth-order valence-corrected chi connectivity index (χ4v) is 4.25. The van der Waals surface area contributed by atoms with Crippen LogP contribution in [-0.4, -0.2) is 5.91 Å². The zero-order valence-corrected chi connectivity index (χ0v) is 16.0. The van der Waals surface area contributed by atoms with Gasteiger partial charge in [0.1, 0.15) is 0 Å². The van der Waals surface area contributed by atoms with Crippen LogP contribution in [-0.2, 0) is 6.42 Å². The number of rotatable bonds is 4. The number of nitrogens with one attached hydrogen (secondary N) is 1. The van der Waals surface area contributed by atoms with Gasteiger partial charge in [-0.3, -0.25) is 4.79 Å². The van der Waals surface area contributed by atoms with Gasteiger partial charge in [0.25, 0.3) is 5.91 Å². The van der Waals surface area contributed by atoms with E-state index in [1.54, 1.807) is 0 Å². The molecule has 0 fully saturated rings. The van der Waals surface area contributed by atoms with Crippen molar-refractivity contribution in [1.82, 2.24) is 5.32 Å².